The van der Waals surface area contributed by atoms with Crippen LogP contribution in [0.4, 0.5) is 9.80 Å². The van der Waals surface area contributed by atoms with Gasteiger partial charge in [0.1, 0.15) is 23.2 Å². The second kappa shape index (κ2) is 8.21. The normalized spacial score (nSPS) is 24.7. The number of rotatable bonds is 5. The highest BCUT2D eigenvalue weighted by atomic mass is 32.1. The zero-order valence-corrected chi connectivity index (χ0v) is 17.0. The molecule has 1 aliphatic heterocycles. The summed E-state index contributed by atoms with van der Waals surface area (Å²) in [5.41, 5.74) is -0.640. The lowest BCUT2D eigenvalue weighted by Crippen LogP contribution is -2.54. The number of esters is 1. The van der Waals surface area contributed by atoms with Crippen molar-refractivity contribution in [2.75, 3.05) is 11.9 Å². The molecule has 0 unspecified atom stereocenters. The summed E-state index contributed by atoms with van der Waals surface area (Å²) in [6.45, 7) is 2.74. The van der Waals surface area contributed by atoms with Crippen LogP contribution in [0.5, 0.6) is 0 Å². The Morgan fingerprint density at radius 3 is 2.93 bits per heavy atom. The topological polar surface area (TPSA) is 129 Å². The summed E-state index contributed by atoms with van der Waals surface area (Å²) in [6.07, 6.45) is 2.05. The van der Waals surface area contributed by atoms with E-state index in [9.17, 15) is 19.2 Å². The van der Waals surface area contributed by atoms with Crippen LogP contribution in [0.3, 0.4) is 0 Å². The van der Waals surface area contributed by atoms with Gasteiger partial charge in [-0.25, -0.2) is 4.79 Å². The van der Waals surface area contributed by atoms with Crippen LogP contribution in [-0.4, -0.2) is 46.9 Å². The predicted octanol–water partition coefficient (Wildman–Crippen LogP) is 1.99. The van der Waals surface area contributed by atoms with E-state index in [1.54, 1.807) is 11.4 Å². The van der Waals surface area contributed by atoms with E-state index >= 15 is 0 Å². The van der Waals surface area contributed by atoms with Crippen molar-refractivity contribution in [2.24, 2.45) is 5.92 Å². The van der Waals surface area contributed by atoms with Gasteiger partial charge in [0.2, 0.25) is 0 Å². The van der Waals surface area contributed by atoms with Gasteiger partial charge in [-0.3, -0.25) is 19.3 Å². The number of nitrogens with one attached hydrogen (secondary N) is 2. The van der Waals surface area contributed by atoms with Crippen LogP contribution in [0.1, 0.15) is 45.1 Å². The molecule has 1 aromatic rings. The highest BCUT2D eigenvalue weighted by Gasteiger charge is 2.55. The van der Waals surface area contributed by atoms with Gasteiger partial charge in [0, 0.05) is 0 Å². The number of ether oxygens (including phenoxy) is 1. The Balaban J connectivity index is 1.59. The molecule has 10 heteroatoms. The fourth-order valence-electron chi connectivity index (χ4n) is 3.76. The third-order valence-corrected chi connectivity index (χ3v) is 6.32. The van der Waals surface area contributed by atoms with Crippen molar-refractivity contribution in [1.29, 1.82) is 5.26 Å². The molecule has 3 rings (SSSR count). The maximum absolute atomic E-state index is 12.9. The van der Waals surface area contributed by atoms with Crippen LogP contribution in [0.25, 0.3) is 0 Å². The lowest BCUT2D eigenvalue weighted by molar-refractivity contribution is -0.155. The van der Waals surface area contributed by atoms with Gasteiger partial charge < -0.3 is 15.4 Å². The molecule has 2 fully saturated rings. The van der Waals surface area contributed by atoms with E-state index in [2.05, 4.69) is 10.6 Å². The number of thiophene rings is 1. The molecule has 1 saturated heterocycles. The van der Waals surface area contributed by atoms with Crippen molar-refractivity contribution in [3.05, 3.63) is 17.0 Å². The maximum Gasteiger partial charge on any atom is 0.327 e. The third-order valence-electron chi connectivity index (χ3n) is 5.49. The number of amides is 4. The molecule has 154 valence electrons. The van der Waals surface area contributed by atoms with E-state index in [4.69, 9.17) is 10.00 Å². The number of hydrogen-bond acceptors (Lipinski definition) is 7. The van der Waals surface area contributed by atoms with Gasteiger partial charge in [0.05, 0.1) is 5.56 Å². The maximum atomic E-state index is 12.9. The van der Waals surface area contributed by atoms with Gasteiger partial charge in [-0.15, -0.1) is 11.3 Å². The molecule has 3 atom stereocenters. The lowest BCUT2D eigenvalue weighted by Gasteiger charge is -2.36. The van der Waals surface area contributed by atoms with Crippen LogP contribution in [0.15, 0.2) is 11.4 Å². The lowest BCUT2D eigenvalue weighted by atomic mass is 9.73. The number of hydrogen-bond donors (Lipinski definition) is 2. The first-order chi connectivity index (χ1) is 13.8. The molecule has 2 heterocycles. The number of carbonyl (C=O) groups is 4. The first-order valence-corrected chi connectivity index (χ1v) is 10.3. The standard InChI is InChI=1S/C19H22N4O5S/c1-11-5-3-4-7-19(11)17(26)23(18(27)22-19)10-14(24)28-12(2)15(25)21-16-13(9-20)6-8-29-16/h6,8,11-12H,3-5,7,10H2,1-2H3,(H,21,25)(H,22,27)/t11-,12-,19+/m0/s1. The minimum Gasteiger partial charge on any atom is -0.451 e. The summed E-state index contributed by atoms with van der Waals surface area (Å²) in [4.78, 5) is 50.5. The Bertz CT molecular complexity index is 891. The van der Waals surface area contributed by atoms with E-state index in [0.717, 1.165) is 24.2 Å². The average molecular weight is 418 g/mol. The summed E-state index contributed by atoms with van der Waals surface area (Å²) in [5.74, 6) is -1.89. The molecular formula is C19H22N4O5S. The summed E-state index contributed by atoms with van der Waals surface area (Å²) in [7, 11) is 0. The fourth-order valence-corrected chi connectivity index (χ4v) is 4.50. The van der Waals surface area contributed by atoms with E-state index in [0.29, 0.717) is 17.0 Å². The summed E-state index contributed by atoms with van der Waals surface area (Å²) in [5, 5.41) is 16.3. The van der Waals surface area contributed by atoms with E-state index in [1.165, 1.54) is 18.3 Å². The van der Waals surface area contributed by atoms with Crippen molar-refractivity contribution in [3.63, 3.8) is 0 Å². The van der Waals surface area contributed by atoms with Crippen LogP contribution in [0.2, 0.25) is 0 Å². The second-order valence-corrected chi connectivity index (χ2v) is 8.25. The van der Waals surface area contributed by atoms with Gasteiger partial charge in [0.15, 0.2) is 6.10 Å². The quantitative estimate of drug-likeness (QED) is 0.556. The number of imide groups is 1. The average Bonchev–Trinajstić information content (AvgIpc) is 3.22. The van der Waals surface area contributed by atoms with Crippen LogP contribution in [0, 0.1) is 17.2 Å². The molecule has 4 amide bonds. The zero-order chi connectivity index (χ0) is 21.2. The van der Waals surface area contributed by atoms with Gasteiger partial charge in [-0.05, 0) is 37.1 Å². The first kappa shape index (κ1) is 20.8. The molecule has 1 aliphatic carbocycles. The molecule has 0 bridgehead atoms. The Kier molecular flexibility index (Phi) is 5.88. The Morgan fingerprint density at radius 2 is 2.24 bits per heavy atom. The molecule has 2 N–H and O–H groups in total. The van der Waals surface area contributed by atoms with E-state index in [-0.39, 0.29) is 5.92 Å². The largest absolute Gasteiger partial charge is 0.451 e. The molecule has 1 spiro atoms. The van der Waals surface area contributed by atoms with Crippen LogP contribution in [-0.2, 0) is 19.1 Å². The van der Waals surface area contributed by atoms with Gasteiger partial charge in [-0.2, -0.15) is 5.26 Å². The first-order valence-electron chi connectivity index (χ1n) is 9.40. The molecule has 29 heavy (non-hydrogen) atoms. The fraction of sp³-hybridized carbons (Fsp3) is 0.526. The molecule has 2 aliphatic rings. The Hall–Kier alpha value is -2.93. The minimum absolute atomic E-state index is 0.0152. The van der Waals surface area contributed by atoms with Gasteiger partial charge in [-0.1, -0.05) is 19.8 Å². The highest BCUT2D eigenvalue weighted by molar-refractivity contribution is 7.14. The Labute approximate surface area is 172 Å². The van der Waals surface area contributed by atoms with Crippen molar-refractivity contribution in [1.82, 2.24) is 10.2 Å². The third kappa shape index (κ3) is 3.96. The Morgan fingerprint density at radius 1 is 1.48 bits per heavy atom. The van der Waals surface area contributed by atoms with Gasteiger partial charge >= 0.3 is 12.0 Å². The van der Waals surface area contributed by atoms with Gasteiger partial charge in [0.25, 0.3) is 11.8 Å². The number of carbonyl (C=O) groups excluding carboxylic acids is 4. The van der Waals surface area contributed by atoms with E-state index < -0.39 is 42.0 Å². The molecule has 9 nitrogen and oxygen atoms in total. The number of nitriles is 1. The minimum atomic E-state index is -1.15. The predicted molar refractivity (Wildman–Crippen MR) is 104 cm³/mol. The second-order valence-electron chi connectivity index (χ2n) is 7.34. The number of nitrogens with zero attached hydrogens (tertiary/aromatic N) is 2. The molecule has 0 aromatic carbocycles. The van der Waals surface area contributed by atoms with Crippen molar-refractivity contribution >= 4 is 40.2 Å². The molecular weight excluding hydrogens is 396 g/mol. The SMILES string of the molecule is C[C@H](OC(=O)CN1C(=O)N[C@@]2(CCCC[C@@H]2C)C1=O)C(=O)Nc1sccc1C#N. The smallest absolute Gasteiger partial charge is 0.327 e. The van der Waals surface area contributed by atoms with Crippen molar-refractivity contribution in [3.8, 4) is 6.07 Å². The number of urea groups is 1. The molecule has 0 radical (unpaired) electrons. The summed E-state index contributed by atoms with van der Waals surface area (Å²) < 4.78 is 5.09. The monoisotopic (exact) mass is 418 g/mol. The number of anilines is 1. The molecule has 1 saturated carbocycles. The summed E-state index contributed by atoms with van der Waals surface area (Å²) in [6, 6.07) is 2.90. The van der Waals surface area contributed by atoms with Crippen LogP contribution < -0.4 is 10.6 Å². The van der Waals surface area contributed by atoms with Crippen molar-refractivity contribution in [2.45, 2.75) is 51.2 Å². The highest BCUT2D eigenvalue weighted by Crippen LogP contribution is 2.38. The molecule has 1 aromatic heterocycles. The zero-order valence-electron chi connectivity index (χ0n) is 16.2. The van der Waals surface area contributed by atoms with E-state index in [1.807, 2.05) is 13.0 Å². The van der Waals surface area contributed by atoms with Crippen molar-refractivity contribution < 1.29 is 23.9 Å². The van der Waals surface area contributed by atoms with Crippen LogP contribution >= 0.6 is 11.3 Å². The summed E-state index contributed by atoms with van der Waals surface area (Å²) >= 11 is 1.18.